The number of imidazole rings is 1. The molecule has 10 aromatic rings. The first-order valence-corrected chi connectivity index (χ1v) is 24.1. The van der Waals surface area contributed by atoms with Crippen molar-refractivity contribution < 1.29 is 0 Å². The first-order chi connectivity index (χ1) is 32.6. The van der Waals surface area contributed by atoms with Gasteiger partial charge in [-0.25, -0.2) is 9.97 Å². The number of hydrogen-bond donors (Lipinski definition) is 0. The van der Waals surface area contributed by atoms with Crippen LogP contribution in [0.25, 0.3) is 55.8 Å². The molecule has 0 unspecified atom stereocenters. The molecule has 10 rings (SSSR count). The molecule has 0 aliphatic rings. The highest BCUT2D eigenvalue weighted by molar-refractivity contribution is 6.09. The molecular weight excluding hydrogens is 813 g/mol. The van der Waals surface area contributed by atoms with E-state index in [2.05, 4.69) is 247 Å². The van der Waals surface area contributed by atoms with E-state index in [0.29, 0.717) is 23.7 Å². The van der Waals surface area contributed by atoms with E-state index in [1.54, 1.807) is 0 Å². The fourth-order valence-corrected chi connectivity index (χ4v) is 10.8. The molecule has 0 radical (unpaired) electrons. The summed E-state index contributed by atoms with van der Waals surface area (Å²) in [7, 11) is 0. The average molecular weight is 873 g/mol. The number of para-hydroxylation sites is 2. The Morgan fingerprint density at radius 1 is 0.403 bits per heavy atom. The van der Waals surface area contributed by atoms with Crippen LogP contribution in [0.5, 0.6) is 0 Å². The minimum atomic E-state index is -0.720. The summed E-state index contributed by atoms with van der Waals surface area (Å²) in [5.41, 5.74) is 16.4. The summed E-state index contributed by atoms with van der Waals surface area (Å²) < 4.78 is 4.71. The highest BCUT2D eigenvalue weighted by atomic mass is 15.1. The van der Waals surface area contributed by atoms with Crippen molar-refractivity contribution in [2.75, 3.05) is 0 Å². The van der Waals surface area contributed by atoms with Crippen molar-refractivity contribution in [2.24, 2.45) is 0 Å². The molecule has 67 heavy (non-hydrogen) atoms. The van der Waals surface area contributed by atoms with Gasteiger partial charge in [-0.2, -0.15) is 0 Å². The molecule has 3 heterocycles. The fraction of sp³-hybridized carbons (Fsp3) is 0.206. The molecule has 0 aliphatic heterocycles. The van der Waals surface area contributed by atoms with Gasteiger partial charge in [0.1, 0.15) is 11.6 Å². The molecule has 4 heteroatoms. The molecule has 0 atom stereocenters. The maximum atomic E-state index is 5.18. The molecule has 0 saturated carbocycles. The monoisotopic (exact) mass is 872 g/mol. The maximum absolute atomic E-state index is 5.18. The zero-order valence-corrected chi connectivity index (χ0v) is 40.1. The molecule has 0 aliphatic carbocycles. The van der Waals surface area contributed by atoms with Crippen molar-refractivity contribution in [2.45, 2.75) is 84.5 Å². The summed E-state index contributed by atoms with van der Waals surface area (Å²) in [6, 6.07) is 65.2. The maximum Gasteiger partial charge on any atom is 0.144 e. The highest BCUT2D eigenvalue weighted by Gasteiger charge is 2.39. The zero-order valence-electron chi connectivity index (χ0n) is 40.1. The van der Waals surface area contributed by atoms with Crippen molar-refractivity contribution in [3.05, 3.63) is 239 Å². The van der Waals surface area contributed by atoms with Crippen molar-refractivity contribution in [1.29, 1.82) is 0 Å². The predicted molar refractivity (Wildman–Crippen MR) is 281 cm³/mol. The largest absolute Gasteiger partial charge is 0.299 e. The van der Waals surface area contributed by atoms with Gasteiger partial charge < -0.3 is 0 Å². The number of rotatable bonds is 12. The summed E-state index contributed by atoms with van der Waals surface area (Å²) in [5.74, 6) is 3.25. The Hall–Kier alpha value is -7.30. The van der Waals surface area contributed by atoms with Crippen LogP contribution in [0.2, 0.25) is 0 Å². The van der Waals surface area contributed by atoms with E-state index in [9.17, 15) is 0 Å². The fourth-order valence-electron chi connectivity index (χ4n) is 10.8. The van der Waals surface area contributed by atoms with Gasteiger partial charge in [-0.1, -0.05) is 201 Å². The SMILES string of the molecule is CC(C)c1cccc(C(C)C)c1-c1ccnc(-n2c3ccccc3c3ccc(C(c4ccccc4)(c4ccccc4)c4cccc(-c5nccn5-c5c(C(C)C)cccc5C(C)C)c4)cc32)c1. The normalized spacial score (nSPS) is 12.1. The van der Waals surface area contributed by atoms with Crippen LogP contribution in [0, 0.1) is 0 Å². The third-order valence-electron chi connectivity index (χ3n) is 13.9. The number of fused-ring (bicyclic) bond motifs is 3. The van der Waals surface area contributed by atoms with E-state index in [1.165, 1.54) is 61.0 Å². The minimum absolute atomic E-state index is 0.343. The van der Waals surface area contributed by atoms with Crippen molar-refractivity contribution in [1.82, 2.24) is 19.1 Å². The second kappa shape index (κ2) is 17.8. The van der Waals surface area contributed by atoms with E-state index < -0.39 is 5.41 Å². The van der Waals surface area contributed by atoms with E-state index in [-0.39, 0.29) is 0 Å². The van der Waals surface area contributed by atoms with Crippen LogP contribution in [0.15, 0.2) is 195 Å². The number of benzene rings is 7. The second-order valence-corrected chi connectivity index (χ2v) is 19.4. The molecule has 0 fully saturated rings. The Bertz CT molecular complexity index is 3270. The van der Waals surface area contributed by atoms with E-state index in [1.807, 2.05) is 12.4 Å². The standard InChI is InChI=1S/C63H60N4/c1-41(2)51-27-18-28-52(42(3)4)60(51)45-34-35-64-59(39-45)67-57-31-16-15-26-55(57)56-33-32-50(40-58(56)67)63(47-21-11-9-12-22-47,48-23-13-10-14-24-48)49-25-17-20-46(38-49)62-65-36-37-66(62)61-53(43(5)6)29-19-30-54(61)44(7)8/h9-44H,1-8H3. The Morgan fingerprint density at radius 2 is 0.940 bits per heavy atom. The molecule has 0 saturated heterocycles. The van der Waals surface area contributed by atoms with Crippen LogP contribution in [0.1, 0.15) is 124 Å². The molecule has 0 bridgehead atoms. The Balaban J connectivity index is 1.24. The number of hydrogen-bond acceptors (Lipinski definition) is 2. The summed E-state index contributed by atoms with van der Waals surface area (Å²) in [5, 5.41) is 2.38. The smallest absolute Gasteiger partial charge is 0.144 e. The Labute approximate surface area is 396 Å². The topological polar surface area (TPSA) is 35.6 Å². The third kappa shape index (κ3) is 7.49. The first kappa shape index (κ1) is 43.6. The van der Waals surface area contributed by atoms with Gasteiger partial charge in [0.25, 0.3) is 0 Å². The van der Waals surface area contributed by atoms with Crippen LogP contribution < -0.4 is 0 Å². The first-order valence-electron chi connectivity index (χ1n) is 24.1. The lowest BCUT2D eigenvalue weighted by Gasteiger charge is -2.37. The highest BCUT2D eigenvalue weighted by Crippen LogP contribution is 2.48. The summed E-state index contributed by atoms with van der Waals surface area (Å²) in [6.45, 7) is 18.3. The van der Waals surface area contributed by atoms with E-state index in [4.69, 9.17) is 9.97 Å². The predicted octanol–water partition coefficient (Wildman–Crippen LogP) is 16.6. The van der Waals surface area contributed by atoms with E-state index >= 15 is 0 Å². The van der Waals surface area contributed by atoms with Gasteiger partial charge >= 0.3 is 0 Å². The molecule has 332 valence electrons. The van der Waals surface area contributed by atoms with Gasteiger partial charge in [0.2, 0.25) is 0 Å². The minimum Gasteiger partial charge on any atom is -0.299 e. The lowest BCUT2D eigenvalue weighted by Crippen LogP contribution is -2.31. The Morgan fingerprint density at radius 3 is 1.57 bits per heavy atom. The van der Waals surface area contributed by atoms with E-state index in [0.717, 1.165) is 39.4 Å². The number of aromatic nitrogens is 4. The van der Waals surface area contributed by atoms with Crippen LogP contribution in [0.4, 0.5) is 0 Å². The summed E-state index contributed by atoms with van der Waals surface area (Å²) in [6.07, 6.45) is 6.08. The summed E-state index contributed by atoms with van der Waals surface area (Å²) >= 11 is 0. The van der Waals surface area contributed by atoms with Gasteiger partial charge in [0.15, 0.2) is 0 Å². The quantitative estimate of drug-likeness (QED) is 0.115. The van der Waals surface area contributed by atoms with Crippen molar-refractivity contribution in [3.8, 4) is 34.0 Å². The molecule has 0 N–H and O–H groups in total. The zero-order chi connectivity index (χ0) is 46.4. The van der Waals surface area contributed by atoms with Gasteiger partial charge in [-0.05, 0) is 110 Å². The van der Waals surface area contributed by atoms with Crippen LogP contribution in [-0.2, 0) is 5.41 Å². The van der Waals surface area contributed by atoms with Crippen molar-refractivity contribution in [3.63, 3.8) is 0 Å². The lowest BCUT2D eigenvalue weighted by molar-refractivity contribution is 0.746. The molecule has 4 nitrogen and oxygen atoms in total. The van der Waals surface area contributed by atoms with Crippen LogP contribution in [0.3, 0.4) is 0 Å². The van der Waals surface area contributed by atoms with Gasteiger partial charge in [-0.3, -0.25) is 9.13 Å². The van der Waals surface area contributed by atoms with Gasteiger partial charge in [0, 0.05) is 34.9 Å². The van der Waals surface area contributed by atoms with Crippen molar-refractivity contribution >= 4 is 21.8 Å². The molecule has 3 aromatic heterocycles. The molecular formula is C63H60N4. The molecule has 0 spiro atoms. The van der Waals surface area contributed by atoms with Gasteiger partial charge in [0.05, 0.1) is 22.1 Å². The summed E-state index contributed by atoms with van der Waals surface area (Å²) in [4.78, 5) is 10.3. The van der Waals surface area contributed by atoms with Crippen LogP contribution in [-0.4, -0.2) is 19.1 Å². The average Bonchev–Trinajstić information content (AvgIpc) is 3.98. The van der Waals surface area contributed by atoms with Crippen LogP contribution >= 0.6 is 0 Å². The molecule has 0 amide bonds. The lowest BCUT2D eigenvalue weighted by atomic mass is 9.65. The third-order valence-corrected chi connectivity index (χ3v) is 13.9. The second-order valence-electron chi connectivity index (χ2n) is 19.4. The van der Waals surface area contributed by atoms with Gasteiger partial charge in [-0.15, -0.1) is 0 Å². The number of pyridine rings is 1. The Kier molecular flexibility index (Phi) is 11.6. The molecule has 7 aromatic carbocycles. The number of nitrogens with zero attached hydrogens (tertiary/aromatic N) is 4.